The van der Waals surface area contributed by atoms with Crippen molar-refractivity contribution in [2.45, 2.75) is 25.9 Å². The molecule has 3 amide bonds. The highest BCUT2D eigenvalue weighted by atomic mass is 32.1. The number of benzene rings is 2. The first-order valence-corrected chi connectivity index (χ1v) is 11.0. The quantitative estimate of drug-likeness (QED) is 0.503. The van der Waals surface area contributed by atoms with Crippen molar-refractivity contribution >= 4 is 34.7 Å². The van der Waals surface area contributed by atoms with E-state index < -0.39 is 23.7 Å². The van der Waals surface area contributed by atoms with Gasteiger partial charge in [0.2, 0.25) is 5.91 Å². The molecule has 6 nitrogen and oxygen atoms in total. The Hall–Kier alpha value is -3.52. The Bertz CT molecular complexity index is 1110. The molecule has 1 aliphatic heterocycles. The summed E-state index contributed by atoms with van der Waals surface area (Å²) in [6.07, 6.45) is -0.121. The van der Waals surface area contributed by atoms with E-state index >= 15 is 0 Å². The number of carbonyl (C=O) groups is 3. The van der Waals surface area contributed by atoms with Crippen molar-refractivity contribution in [3.63, 3.8) is 0 Å². The second kappa shape index (κ2) is 9.32. The zero-order valence-corrected chi connectivity index (χ0v) is 18.2. The van der Waals surface area contributed by atoms with Crippen LogP contribution in [0.15, 0.2) is 66.0 Å². The van der Waals surface area contributed by atoms with Crippen molar-refractivity contribution in [2.24, 2.45) is 0 Å². The minimum atomic E-state index is -0.950. The van der Waals surface area contributed by atoms with Gasteiger partial charge in [0, 0.05) is 10.4 Å². The van der Waals surface area contributed by atoms with Crippen LogP contribution in [0.2, 0.25) is 0 Å². The van der Waals surface area contributed by atoms with Crippen LogP contribution < -0.4 is 9.64 Å². The van der Waals surface area contributed by atoms with Gasteiger partial charge < -0.3 is 9.64 Å². The second-order valence-corrected chi connectivity index (χ2v) is 8.27. The van der Waals surface area contributed by atoms with Crippen LogP contribution >= 0.6 is 11.3 Å². The van der Waals surface area contributed by atoms with Crippen LogP contribution in [0.25, 0.3) is 0 Å². The SMILES string of the molecule is CCOc1ccc(N2C(=O)CC(N(Cc3cccs3)C(=O)c3ccc(F)cc3)C2=O)cc1. The lowest BCUT2D eigenvalue weighted by Gasteiger charge is -2.27. The second-order valence-electron chi connectivity index (χ2n) is 7.23. The summed E-state index contributed by atoms with van der Waals surface area (Å²) in [5, 5.41) is 1.88. The molecule has 0 spiro atoms. The van der Waals surface area contributed by atoms with E-state index in [1.54, 1.807) is 24.3 Å². The van der Waals surface area contributed by atoms with Crippen LogP contribution in [0.1, 0.15) is 28.6 Å². The summed E-state index contributed by atoms with van der Waals surface area (Å²) >= 11 is 1.45. The number of thiophene rings is 1. The maximum Gasteiger partial charge on any atom is 0.257 e. The van der Waals surface area contributed by atoms with E-state index in [0.29, 0.717) is 18.0 Å². The fourth-order valence-electron chi connectivity index (χ4n) is 3.64. The van der Waals surface area contributed by atoms with Gasteiger partial charge in [-0.05, 0) is 66.9 Å². The monoisotopic (exact) mass is 452 g/mol. The highest BCUT2D eigenvalue weighted by molar-refractivity contribution is 7.09. The third-order valence-electron chi connectivity index (χ3n) is 5.16. The van der Waals surface area contributed by atoms with Crippen LogP contribution in [0.4, 0.5) is 10.1 Å². The standard InChI is InChI=1S/C24H21FN2O4S/c1-2-31-19-11-9-18(10-12-19)27-22(28)14-21(24(27)30)26(15-20-4-3-13-32-20)23(29)16-5-7-17(25)8-6-16/h3-13,21H,2,14-15H2,1H3. The minimum absolute atomic E-state index is 0.121. The van der Waals surface area contributed by atoms with Gasteiger partial charge in [-0.2, -0.15) is 0 Å². The first-order valence-electron chi connectivity index (χ1n) is 10.2. The number of ether oxygens (including phenoxy) is 1. The van der Waals surface area contributed by atoms with Crippen molar-refractivity contribution in [3.05, 3.63) is 82.3 Å². The summed E-state index contributed by atoms with van der Waals surface area (Å²) in [5.41, 5.74) is 0.680. The molecule has 0 radical (unpaired) electrons. The molecule has 0 aliphatic carbocycles. The number of amides is 3. The smallest absolute Gasteiger partial charge is 0.257 e. The van der Waals surface area contributed by atoms with Crippen LogP contribution in [0, 0.1) is 5.82 Å². The molecule has 3 aromatic rings. The molecule has 2 heterocycles. The average Bonchev–Trinajstić information content (AvgIpc) is 3.40. The summed E-state index contributed by atoms with van der Waals surface area (Å²) < 4.78 is 18.8. The molecule has 2 aromatic carbocycles. The van der Waals surface area contributed by atoms with Gasteiger partial charge in [-0.25, -0.2) is 9.29 Å². The Morgan fingerprint density at radius 1 is 1.12 bits per heavy atom. The van der Waals surface area contributed by atoms with Crippen molar-refractivity contribution < 1.29 is 23.5 Å². The third kappa shape index (κ3) is 4.40. The number of hydrogen-bond donors (Lipinski definition) is 0. The van der Waals surface area contributed by atoms with E-state index in [9.17, 15) is 18.8 Å². The Labute approximate surface area is 188 Å². The molecule has 1 unspecified atom stereocenters. The Balaban J connectivity index is 1.63. The molecule has 4 rings (SSSR count). The normalized spacial score (nSPS) is 15.8. The van der Waals surface area contributed by atoms with Crippen molar-refractivity contribution in [1.29, 1.82) is 0 Å². The van der Waals surface area contributed by atoms with E-state index in [1.807, 2.05) is 24.4 Å². The van der Waals surface area contributed by atoms with E-state index in [2.05, 4.69) is 0 Å². The molecule has 0 bridgehead atoms. The average molecular weight is 453 g/mol. The van der Waals surface area contributed by atoms with Gasteiger partial charge in [0.05, 0.1) is 25.3 Å². The summed E-state index contributed by atoms with van der Waals surface area (Å²) in [6, 6.07) is 14.6. The molecule has 8 heteroatoms. The predicted octanol–water partition coefficient (Wildman–Crippen LogP) is 4.26. The van der Waals surface area contributed by atoms with Crippen LogP contribution in [0.5, 0.6) is 5.75 Å². The Kier molecular flexibility index (Phi) is 6.32. The summed E-state index contributed by atoms with van der Waals surface area (Å²) in [4.78, 5) is 42.8. The molecule has 1 aliphatic rings. The Morgan fingerprint density at radius 3 is 2.47 bits per heavy atom. The molecule has 32 heavy (non-hydrogen) atoms. The topological polar surface area (TPSA) is 66.9 Å². The molecule has 1 fully saturated rings. The lowest BCUT2D eigenvalue weighted by Crippen LogP contribution is -2.45. The molecule has 1 aromatic heterocycles. The summed E-state index contributed by atoms with van der Waals surface area (Å²) in [6.45, 7) is 2.55. The van der Waals surface area contributed by atoms with E-state index in [0.717, 1.165) is 9.78 Å². The molecule has 1 saturated heterocycles. The first kappa shape index (κ1) is 21.7. The molecule has 0 saturated carbocycles. The number of imide groups is 1. The number of carbonyl (C=O) groups excluding carboxylic acids is 3. The van der Waals surface area contributed by atoms with Gasteiger partial charge >= 0.3 is 0 Å². The highest BCUT2D eigenvalue weighted by Gasteiger charge is 2.44. The van der Waals surface area contributed by atoms with Crippen molar-refractivity contribution in [3.8, 4) is 5.75 Å². The predicted molar refractivity (Wildman–Crippen MR) is 119 cm³/mol. The zero-order chi connectivity index (χ0) is 22.7. The van der Waals surface area contributed by atoms with E-state index in [-0.39, 0.29) is 24.4 Å². The van der Waals surface area contributed by atoms with Crippen LogP contribution in [0.3, 0.4) is 0 Å². The number of rotatable bonds is 7. The third-order valence-corrected chi connectivity index (χ3v) is 6.02. The maximum absolute atomic E-state index is 13.3. The van der Waals surface area contributed by atoms with Gasteiger partial charge in [0.15, 0.2) is 0 Å². The maximum atomic E-state index is 13.3. The largest absolute Gasteiger partial charge is 0.494 e. The van der Waals surface area contributed by atoms with E-state index in [4.69, 9.17) is 4.74 Å². The van der Waals surface area contributed by atoms with Crippen molar-refractivity contribution in [2.75, 3.05) is 11.5 Å². The van der Waals surface area contributed by atoms with Crippen molar-refractivity contribution in [1.82, 2.24) is 4.90 Å². The van der Waals surface area contributed by atoms with E-state index in [1.165, 1.54) is 40.5 Å². The molecular formula is C24H21FN2O4S. The Morgan fingerprint density at radius 2 is 1.84 bits per heavy atom. The summed E-state index contributed by atoms with van der Waals surface area (Å²) in [7, 11) is 0. The van der Waals surface area contributed by atoms with Gasteiger partial charge in [-0.1, -0.05) is 6.07 Å². The number of halogens is 1. The number of anilines is 1. The van der Waals surface area contributed by atoms with Gasteiger partial charge in [-0.15, -0.1) is 11.3 Å². The fraction of sp³-hybridized carbons (Fsp3) is 0.208. The minimum Gasteiger partial charge on any atom is -0.494 e. The summed E-state index contributed by atoms with van der Waals surface area (Å²) in [5.74, 6) is -1.10. The van der Waals surface area contributed by atoms with Crippen LogP contribution in [-0.4, -0.2) is 35.3 Å². The number of hydrogen-bond acceptors (Lipinski definition) is 5. The fourth-order valence-corrected chi connectivity index (χ4v) is 4.34. The zero-order valence-electron chi connectivity index (χ0n) is 17.4. The molecular weight excluding hydrogens is 431 g/mol. The molecule has 164 valence electrons. The first-order chi connectivity index (χ1) is 15.5. The lowest BCUT2D eigenvalue weighted by atomic mass is 10.1. The lowest BCUT2D eigenvalue weighted by molar-refractivity contribution is -0.122. The highest BCUT2D eigenvalue weighted by Crippen LogP contribution is 2.29. The molecule has 1 atom stereocenters. The van der Waals surface area contributed by atoms with Gasteiger partial charge in [0.25, 0.3) is 11.8 Å². The molecule has 0 N–H and O–H groups in total. The van der Waals surface area contributed by atoms with Crippen LogP contribution in [-0.2, 0) is 16.1 Å². The van der Waals surface area contributed by atoms with Gasteiger partial charge in [-0.3, -0.25) is 14.4 Å². The van der Waals surface area contributed by atoms with Gasteiger partial charge in [0.1, 0.15) is 17.6 Å². The number of nitrogens with zero attached hydrogens (tertiary/aromatic N) is 2.